The summed E-state index contributed by atoms with van der Waals surface area (Å²) in [5.41, 5.74) is 11.5. The van der Waals surface area contributed by atoms with Crippen LogP contribution in [0, 0.1) is 6.92 Å². The second-order valence-electron chi connectivity index (χ2n) is 2.66. The Kier molecular flexibility index (Phi) is 3.08. The first-order valence-corrected chi connectivity index (χ1v) is 4.20. The Morgan fingerprint density at radius 3 is 2.79 bits per heavy atom. The minimum absolute atomic E-state index is 0.0447. The number of hydrogen-bond acceptors (Lipinski definition) is 5. The molecule has 6 nitrogen and oxygen atoms in total. The number of hydrogen-bond donors (Lipinski definition) is 3. The largest absolute Gasteiger partial charge is 0.394 e. The summed E-state index contributed by atoms with van der Waals surface area (Å²) in [7, 11) is 0. The Bertz CT molecular complexity index is 367. The minimum atomic E-state index is -0.503. The monoisotopic (exact) mass is 215 g/mol. The molecule has 0 atom stereocenters. The molecule has 5 N–H and O–H groups in total. The smallest absolute Gasteiger partial charge is 0.236 e. The summed E-state index contributed by atoms with van der Waals surface area (Å²) in [5, 5.41) is 2.73. The quantitative estimate of drug-likeness (QED) is 0.612. The second-order valence-corrected chi connectivity index (χ2v) is 3.00. The number of halogens is 1. The van der Waals surface area contributed by atoms with Crippen LogP contribution in [-0.4, -0.2) is 22.4 Å². The molecule has 0 radical (unpaired) electrons. The van der Waals surface area contributed by atoms with Crippen LogP contribution in [0.1, 0.15) is 5.69 Å². The van der Waals surface area contributed by atoms with Crippen molar-refractivity contribution in [1.82, 2.24) is 9.97 Å². The highest BCUT2D eigenvalue weighted by Gasteiger charge is 2.07. The van der Waals surface area contributed by atoms with Crippen LogP contribution < -0.4 is 16.8 Å². The van der Waals surface area contributed by atoms with Gasteiger partial charge in [-0.2, -0.15) is 4.98 Å². The van der Waals surface area contributed by atoms with Gasteiger partial charge in [-0.1, -0.05) is 0 Å². The highest BCUT2D eigenvalue weighted by Crippen LogP contribution is 2.19. The molecule has 0 bridgehead atoms. The first-order chi connectivity index (χ1) is 6.50. The third kappa shape index (κ3) is 2.46. The van der Waals surface area contributed by atoms with Crippen LogP contribution in [0.2, 0.25) is 5.28 Å². The number of aromatic nitrogens is 2. The van der Waals surface area contributed by atoms with Gasteiger partial charge in [-0.3, -0.25) is 4.79 Å². The molecule has 0 saturated heterocycles. The maximum atomic E-state index is 10.5. The fourth-order valence-corrected chi connectivity index (χ4v) is 1.06. The van der Waals surface area contributed by atoms with Gasteiger partial charge in [0.2, 0.25) is 11.2 Å². The maximum absolute atomic E-state index is 10.5. The number of nitrogens with one attached hydrogen (secondary N) is 1. The molecule has 1 rings (SSSR count). The minimum Gasteiger partial charge on any atom is -0.394 e. The van der Waals surface area contributed by atoms with Crippen molar-refractivity contribution in [3.05, 3.63) is 11.0 Å². The van der Waals surface area contributed by atoms with E-state index < -0.39 is 5.91 Å². The Labute approximate surface area is 85.7 Å². The fourth-order valence-electron chi connectivity index (χ4n) is 0.853. The molecule has 0 aliphatic rings. The summed E-state index contributed by atoms with van der Waals surface area (Å²) in [6, 6.07) is 0. The molecule has 0 aliphatic heterocycles. The van der Waals surface area contributed by atoms with Crippen LogP contribution in [0.5, 0.6) is 0 Å². The number of aryl methyl sites for hydroxylation is 1. The molecule has 1 aromatic rings. The Morgan fingerprint density at radius 2 is 2.21 bits per heavy atom. The van der Waals surface area contributed by atoms with Crippen molar-refractivity contribution in [2.75, 3.05) is 17.6 Å². The molecule has 7 heteroatoms. The summed E-state index contributed by atoms with van der Waals surface area (Å²) >= 11 is 5.60. The maximum Gasteiger partial charge on any atom is 0.236 e. The number of anilines is 2. The number of nitrogen functional groups attached to an aromatic ring is 1. The predicted molar refractivity (Wildman–Crippen MR) is 53.9 cm³/mol. The summed E-state index contributed by atoms with van der Waals surface area (Å²) in [4.78, 5) is 18.1. The first-order valence-electron chi connectivity index (χ1n) is 3.82. The van der Waals surface area contributed by atoms with Gasteiger partial charge >= 0.3 is 0 Å². The molecule has 0 aliphatic carbocycles. The number of nitrogens with two attached hydrogens (primary N) is 2. The second kappa shape index (κ2) is 4.10. The van der Waals surface area contributed by atoms with E-state index in [1.165, 1.54) is 0 Å². The summed E-state index contributed by atoms with van der Waals surface area (Å²) in [6.45, 7) is 1.65. The van der Waals surface area contributed by atoms with Crippen LogP contribution in [0.15, 0.2) is 0 Å². The van der Waals surface area contributed by atoms with Gasteiger partial charge in [-0.05, 0) is 18.5 Å². The zero-order valence-corrected chi connectivity index (χ0v) is 8.30. The van der Waals surface area contributed by atoms with Crippen LogP contribution >= 0.6 is 11.6 Å². The lowest BCUT2D eigenvalue weighted by Crippen LogP contribution is -2.23. The Balaban J connectivity index is 2.90. The van der Waals surface area contributed by atoms with Crippen molar-refractivity contribution in [1.29, 1.82) is 0 Å². The average molecular weight is 216 g/mol. The Hall–Kier alpha value is -1.56. The van der Waals surface area contributed by atoms with Gasteiger partial charge in [-0.25, -0.2) is 4.98 Å². The zero-order chi connectivity index (χ0) is 10.7. The molecule has 0 fully saturated rings. The third-order valence-corrected chi connectivity index (χ3v) is 1.71. The van der Waals surface area contributed by atoms with Crippen molar-refractivity contribution in [3.63, 3.8) is 0 Å². The number of carbonyl (C=O) groups is 1. The van der Waals surface area contributed by atoms with Gasteiger partial charge < -0.3 is 16.8 Å². The molecule has 0 aromatic carbocycles. The molecule has 0 unspecified atom stereocenters. The van der Waals surface area contributed by atoms with E-state index in [2.05, 4.69) is 15.3 Å². The van der Waals surface area contributed by atoms with Crippen LogP contribution in [0.4, 0.5) is 11.5 Å². The van der Waals surface area contributed by atoms with E-state index in [1.54, 1.807) is 6.92 Å². The van der Waals surface area contributed by atoms with E-state index >= 15 is 0 Å². The number of amides is 1. The molecule has 1 amide bonds. The van der Waals surface area contributed by atoms with Gasteiger partial charge in [0.05, 0.1) is 17.9 Å². The molecule has 0 saturated carbocycles. The van der Waals surface area contributed by atoms with E-state index in [0.717, 1.165) is 0 Å². The van der Waals surface area contributed by atoms with E-state index in [0.29, 0.717) is 17.2 Å². The van der Waals surface area contributed by atoms with Gasteiger partial charge in [0, 0.05) is 0 Å². The van der Waals surface area contributed by atoms with E-state index in [1.807, 2.05) is 0 Å². The average Bonchev–Trinajstić information content (AvgIpc) is 2.08. The van der Waals surface area contributed by atoms with Gasteiger partial charge in [0.1, 0.15) is 0 Å². The SMILES string of the molecule is Cc1nc(Cl)nc(NCC(N)=O)c1N. The predicted octanol–water partition coefficient (Wildman–Crippen LogP) is -0.0822. The van der Waals surface area contributed by atoms with Crippen LogP contribution in [0.3, 0.4) is 0 Å². The topological polar surface area (TPSA) is 107 Å². The lowest BCUT2D eigenvalue weighted by atomic mass is 10.3. The fraction of sp³-hybridized carbons (Fsp3) is 0.286. The third-order valence-electron chi connectivity index (χ3n) is 1.54. The molecular weight excluding hydrogens is 206 g/mol. The molecule has 0 spiro atoms. The van der Waals surface area contributed by atoms with Gasteiger partial charge in [-0.15, -0.1) is 0 Å². The number of primary amides is 1. The molecule has 1 heterocycles. The van der Waals surface area contributed by atoms with Crippen molar-refractivity contribution < 1.29 is 4.79 Å². The summed E-state index contributed by atoms with van der Waals surface area (Å²) in [6.07, 6.45) is 0. The molecule has 1 aromatic heterocycles. The number of carbonyl (C=O) groups excluding carboxylic acids is 1. The van der Waals surface area contributed by atoms with E-state index in [4.69, 9.17) is 23.1 Å². The summed E-state index contributed by atoms with van der Waals surface area (Å²) in [5.74, 6) is -0.182. The highest BCUT2D eigenvalue weighted by molar-refractivity contribution is 6.28. The van der Waals surface area contributed by atoms with Crippen molar-refractivity contribution in [2.45, 2.75) is 6.92 Å². The molecule has 76 valence electrons. The molecule has 14 heavy (non-hydrogen) atoms. The molecular formula is C7H10ClN5O. The van der Waals surface area contributed by atoms with E-state index in [-0.39, 0.29) is 11.8 Å². The highest BCUT2D eigenvalue weighted by atomic mass is 35.5. The van der Waals surface area contributed by atoms with Crippen LogP contribution in [-0.2, 0) is 4.79 Å². The first kappa shape index (κ1) is 10.5. The van der Waals surface area contributed by atoms with Gasteiger partial charge in [0.15, 0.2) is 5.82 Å². The van der Waals surface area contributed by atoms with Crippen molar-refractivity contribution >= 4 is 29.0 Å². The zero-order valence-electron chi connectivity index (χ0n) is 7.54. The lowest BCUT2D eigenvalue weighted by Gasteiger charge is -2.08. The van der Waals surface area contributed by atoms with Crippen molar-refractivity contribution in [2.24, 2.45) is 5.73 Å². The van der Waals surface area contributed by atoms with E-state index in [9.17, 15) is 4.79 Å². The van der Waals surface area contributed by atoms with Crippen LogP contribution in [0.25, 0.3) is 0 Å². The van der Waals surface area contributed by atoms with Gasteiger partial charge in [0.25, 0.3) is 0 Å². The van der Waals surface area contributed by atoms with Crippen molar-refractivity contribution in [3.8, 4) is 0 Å². The normalized spacial score (nSPS) is 9.86. The number of nitrogens with zero attached hydrogens (tertiary/aromatic N) is 2. The summed E-state index contributed by atoms with van der Waals surface area (Å²) < 4.78 is 0. The Morgan fingerprint density at radius 1 is 1.57 bits per heavy atom. The lowest BCUT2D eigenvalue weighted by molar-refractivity contribution is -0.116. The number of rotatable bonds is 3. The standard InChI is InChI=1S/C7H10ClN5O/c1-3-5(10)6(11-2-4(9)14)13-7(8)12-3/h2,10H2,1H3,(H2,9,14)(H,11,12,13).